The third-order valence-corrected chi connectivity index (χ3v) is 5.58. The van der Waals surface area contributed by atoms with Crippen LogP contribution in [0.25, 0.3) is 10.8 Å². The molecule has 1 fully saturated rings. The van der Waals surface area contributed by atoms with Crippen LogP contribution in [0.5, 0.6) is 5.75 Å². The summed E-state index contributed by atoms with van der Waals surface area (Å²) in [6.45, 7) is 4.24. The van der Waals surface area contributed by atoms with Gasteiger partial charge in [0.1, 0.15) is 5.75 Å². The van der Waals surface area contributed by atoms with E-state index in [-0.39, 0.29) is 12.4 Å². The third kappa shape index (κ3) is 3.03. The number of hydrogen-bond donors (Lipinski definition) is 0. The highest BCUT2D eigenvalue weighted by molar-refractivity contribution is 5.99. The third-order valence-electron chi connectivity index (χ3n) is 5.58. The summed E-state index contributed by atoms with van der Waals surface area (Å²) >= 11 is 0. The Bertz CT molecular complexity index is 943. The topological polar surface area (TPSA) is 31.2 Å². The minimum Gasteiger partial charge on any atom is -0.485 e. The van der Waals surface area contributed by atoms with E-state index >= 15 is 0 Å². The first kappa shape index (κ1) is 16.9. The summed E-state index contributed by atoms with van der Waals surface area (Å²) in [5.41, 5.74) is 3.07. The molecule has 134 valence electrons. The molecule has 2 aromatic carbocycles. The summed E-state index contributed by atoms with van der Waals surface area (Å²) in [6.07, 6.45) is 5.01. The number of carbonyl (C=O) groups is 1. The van der Waals surface area contributed by atoms with Crippen LogP contribution in [0.3, 0.4) is 0 Å². The van der Waals surface area contributed by atoms with Crippen LogP contribution in [-0.2, 0) is 0 Å². The van der Waals surface area contributed by atoms with Gasteiger partial charge in [-0.05, 0) is 44.2 Å². The number of hydrogen-bond acceptors (Lipinski definition) is 2. The number of aryl methyl sites for hydroxylation is 1. The monoisotopic (exact) mass is 347 g/mol. The molecule has 0 aliphatic heterocycles. The summed E-state index contributed by atoms with van der Waals surface area (Å²) in [6, 6.07) is 16.6. The van der Waals surface area contributed by atoms with Crippen molar-refractivity contribution in [2.75, 3.05) is 6.61 Å². The lowest BCUT2D eigenvalue weighted by atomic mass is 10.1. The van der Waals surface area contributed by atoms with Crippen molar-refractivity contribution in [1.82, 2.24) is 4.57 Å². The highest BCUT2D eigenvalue weighted by Gasteiger charge is 2.23. The van der Waals surface area contributed by atoms with Gasteiger partial charge in [-0.1, -0.05) is 49.2 Å². The van der Waals surface area contributed by atoms with Gasteiger partial charge in [0, 0.05) is 28.4 Å². The molecule has 3 heteroatoms. The van der Waals surface area contributed by atoms with E-state index in [1.54, 1.807) is 0 Å². The highest BCUT2D eigenvalue weighted by atomic mass is 16.5. The van der Waals surface area contributed by atoms with Crippen LogP contribution < -0.4 is 4.74 Å². The van der Waals surface area contributed by atoms with Gasteiger partial charge in [0.15, 0.2) is 6.61 Å². The fourth-order valence-corrected chi connectivity index (χ4v) is 4.33. The minimum atomic E-state index is 0.0512. The van der Waals surface area contributed by atoms with E-state index in [4.69, 9.17) is 4.74 Å². The summed E-state index contributed by atoms with van der Waals surface area (Å²) in [7, 11) is 0. The molecule has 0 radical (unpaired) electrons. The quantitative estimate of drug-likeness (QED) is 0.560. The number of carbonyl (C=O) groups excluding carboxylic acids is 1. The van der Waals surface area contributed by atoms with Crippen molar-refractivity contribution in [3.8, 4) is 5.75 Å². The molecular formula is C23H25NO2. The van der Waals surface area contributed by atoms with Crippen LogP contribution in [0.15, 0.2) is 48.5 Å². The van der Waals surface area contributed by atoms with Gasteiger partial charge in [-0.2, -0.15) is 0 Å². The van der Waals surface area contributed by atoms with E-state index in [1.807, 2.05) is 36.4 Å². The molecule has 0 N–H and O–H groups in total. The molecule has 3 nitrogen and oxygen atoms in total. The van der Waals surface area contributed by atoms with E-state index in [1.165, 1.54) is 31.4 Å². The molecule has 1 saturated carbocycles. The number of nitrogens with zero attached hydrogens (tertiary/aromatic N) is 1. The molecule has 1 aliphatic carbocycles. The predicted molar refractivity (Wildman–Crippen MR) is 105 cm³/mol. The molecule has 1 aromatic heterocycles. The lowest BCUT2D eigenvalue weighted by Gasteiger charge is -2.17. The second-order valence-electron chi connectivity index (χ2n) is 7.28. The molecule has 0 saturated heterocycles. The first-order valence-electron chi connectivity index (χ1n) is 9.47. The van der Waals surface area contributed by atoms with Crippen molar-refractivity contribution in [3.63, 3.8) is 0 Å². The Balaban J connectivity index is 1.54. The van der Waals surface area contributed by atoms with Crippen molar-refractivity contribution in [2.24, 2.45) is 0 Å². The Hall–Kier alpha value is -2.55. The molecule has 0 atom stereocenters. The Morgan fingerprint density at radius 3 is 2.62 bits per heavy atom. The Morgan fingerprint density at radius 2 is 1.81 bits per heavy atom. The van der Waals surface area contributed by atoms with Gasteiger partial charge in [-0.15, -0.1) is 0 Å². The molecule has 1 heterocycles. The van der Waals surface area contributed by atoms with Gasteiger partial charge in [-0.3, -0.25) is 4.79 Å². The van der Waals surface area contributed by atoms with Crippen LogP contribution in [-0.4, -0.2) is 17.0 Å². The van der Waals surface area contributed by atoms with Crippen molar-refractivity contribution >= 4 is 16.6 Å². The van der Waals surface area contributed by atoms with Crippen molar-refractivity contribution in [2.45, 2.75) is 45.6 Å². The average Bonchev–Trinajstić information content (AvgIpc) is 3.27. The van der Waals surface area contributed by atoms with Crippen LogP contribution in [0, 0.1) is 13.8 Å². The minimum absolute atomic E-state index is 0.0512. The first-order chi connectivity index (χ1) is 12.6. The Labute approximate surface area is 154 Å². The van der Waals surface area contributed by atoms with Gasteiger partial charge in [0.2, 0.25) is 5.78 Å². The maximum atomic E-state index is 12.8. The fraction of sp³-hybridized carbons (Fsp3) is 0.348. The van der Waals surface area contributed by atoms with Gasteiger partial charge in [0.05, 0.1) is 0 Å². The van der Waals surface area contributed by atoms with Crippen molar-refractivity contribution in [3.05, 3.63) is 65.5 Å². The smallest absolute Gasteiger partial charge is 0.202 e. The summed E-state index contributed by atoms with van der Waals surface area (Å²) in [5, 5.41) is 2.16. The Morgan fingerprint density at radius 1 is 1.08 bits per heavy atom. The molecule has 0 unspecified atom stereocenters. The molecule has 4 rings (SSSR count). The van der Waals surface area contributed by atoms with Crippen LogP contribution >= 0.6 is 0 Å². The van der Waals surface area contributed by atoms with E-state index in [2.05, 4.69) is 30.5 Å². The zero-order chi connectivity index (χ0) is 18.1. The standard InChI is InChI=1S/C23H25NO2/c1-16-14-21(17(2)24(16)19-10-4-5-11-19)22(25)15-26-23-13-7-9-18-8-3-6-12-20(18)23/h3,6-9,12-14,19H,4-5,10-11,15H2,1-2H3. The van der Waals surface area contributed by atoms with Crippen molar-refractivity contribution in [1.29, 1.82) is 0 Å². The second-order valence-corrected chi connectivity index (χ2v) is 7.28. The molecule has 0 bridgehead atoms. The molecule has 3 aromatic rings. The number of benzene rings is 2. The predicted octanol–water partition coefficient (Wildman–Crippen LogP) is 5.63. The largest absolute Gasteiger partial charge is 0.485 e. The lowest BCUT2D eigenvalue weighted by molar-refractivity contribution is 0.0922. The normalized spacial score (nSPS) is 14.8. The van der Waals surface area contributed by atoms with E-state index in [0.29, 0.717) is 6.04 Å². The molecular weight excluding hydrogens is 322 g/mol. The Kier molecular flexibility index (Phi) is 4.54. The van der Waals surface area contributed by atoms with E-state index in [0.717, 1.165) is 27.8 Å². The molecule has 0 amide bonds. The fourth-order valence-electron chi connectivity index (χ4n) is 4.33. The van der Waals surface area contributed by atoms with Crippen LogP contribution in [0.1, 0.15) is 53.5 Å². The molecule has 26 heavy (non-hydrogen) atoms. The number of Topliss-reactive ketones (excluding diaryl/α,β-unsaturated/α-hetero) is 1. The van der Waals surface area contributed by atoms with E-state index in [9.17, 15) is 4.79 Å². The van der Waals surface area contributed by atoms with Crippen molar-refractivity contribution < 1.29 is 9.53 Å². The van der Waals surface area contributed by atoms with Gasteiger partial charge in [-0.25, -0.2) is 0 Å². The first-order valence-corrected chi connectivity index (χ1v) is 9.47. The maximum absolute atomic E-state index is 12.8. The van der Waals surface area contributed by atoms with Crippen LogP contribution in [0.2, 0.25) is 0 Å². The molecule has 1 aliphatic rings. The second kappa shape index (κ2) is 6.99. The SMILES string of the molecule is Cc1cc(C(=O)COc2cccc3ccccc23)c(C)n1C1CCCC1. The summed E-state index contributed by atoms with van der Waals surface area (Å²) < 4.78 is 8.27. The van der Waals surface area contributed by atoms with Gasteiger partial charge >= 0.3 is 0 Å². The number of aromatic nitrogens is 1. The highest BCUT2D eigenvalue weighted by Crippen LogP contribution is 2.33. The van der Waals surface area contributed by atoms with Crippen LogP contribution in [0.4, 0.5) is 0 Å². The van der Waals surface area contributed by atoms with Gasteiger partial charge < -0.3 is 9.30 Å². The number of ether oxygens (including phenoxy) is 1. The zero-order valence-electron chi connectivity index (χ0n) is 15.5. The number of rotatable bonds is 5. The maximum Gasteiger partial charge on any atom is 0.202 e. The lowest BCUT2D eigenvalue weighted by Crippen LogP contribution is -2.14. The average molecular weight is 347 g/mol. The number of fused-ring (bicyclic) bond motifs is 1. The summed E-state index contributed by atoms with van der Waals surface area (Å²) in [4.78, 5) is 12.8. The number of ketones is 1. The molecule has 0 spiro atoms. The summed E-state index contributed by atoms with van der Waals surface area (Å²) in [5.74, 6) is 0.816. The zero-order valence-corrected chi connectivity index (χ0v) is 15.5. The van der Waals surface area contributed by atoms with Gasteiger partial charge in [0.25, 0.3) is 0 Å². The van der Waals surface area contributed by atoms with E-state index < -0.39 is 0 Å².